The van der Waals surface area contributed by atoms with E-state index in [-0.39, 0.29) is 24.2 Å². The molecule has 0 radical (unpaired) electrons. The standard InChI is InChI=1S/C24H21FN6O3/c1-30(2)24(32)18-5-3-13(8-26-18)15-7-20-23(31-12-28-29-22(15)31)27-9-16-17(25)4-6-19-21(16)14(10-33-19)11-34-20/h3-8,12,14,27H,9-11H2,1-2H3/t14-/m0/s1. The molecule has 1 atom stereocenters. The minimum absolute atomic E-state index is 0.0773. The van der Waals surface area contributed by atoms with Gasteiger partial charge in [0.2, 0.25) is 0 Å². The number of hydrogen-bond donors (Lipinski definition) is 1. The van der Waals surface area contributed by atoms with Crippen LogP contribution in [0.2, 0.25) is 0 Å². The Labute approximate surface area is 194 Å². The Hall–Kier alpha value is -4.21. The van der Waals surface area contributed by atoms with Gasteiger partial charge in [0.15, 0.2) is 17.2 Å². The Morgan fingerprint density at radius 3 is 2.76 bits per heavy atom. The second kappa shape index (κ2) is 7.68. The first-order valence-electron chi connectivity index (χ1n) is 10.9. The summed E-state index contributed by atoms with van der Waals surface area (Å²) in [6.45, 7) is 1.04. The average Bonchev–Trinajstić information content (AvgIpc) is 3.50. The molecule has 0 bridgehead atoms. The van der Waals surface area contributed by atoms with Gasteiger partial charge in [-0.1, -0.05) is 6.07 Å². The molecule has 0 unspecified atom stereocenters. The van der Waals surface area contributed by atoms with E-state index in [0.29, 0.717) is 47.4 Å². The average molecular weight is 460 g/mol. The van der Waals surface area contributed by atoms with Crippen molar-refractivity contribution in [1.29, 1.82) is 0 Å². The number of nitrogens with zero attached hydrogens (tertiary/aromatic N) is 5. The maximum absolute atomic E-state index is 14.8. The van der Waals surface area contributed by atoms with E-state index >= 15 is 0 Å². The van der Waals surface area contributed by atoms with Crippen molar-refractivity contribution < 1.29 is 18.7 Å². The third kappa shape index (κ3) is 3.13. The number of halogens is 1. The smallest absolute Gasteiger partial charge is 0.271 e. The highest BCUT2D eigenvalue weighted by Crippen LogP contribution is 2.41. The molecule has 3 aromatic heterocycles. The number of amides is 1. The summed E-state index contributed by atoms with van der Waals surface area (Å²) in [6, 6.07) is 8.49. The number of anilines is 1. The molecule has 0 saturated heterocycles. The molecule has 2 aliphatic rings. The van der Waals surface area contributed by atoms with Gasteiger partial charge in [0.05, 0.1) is 19.1 Å². The van der Waals surface area contributed by atoms with Crippen molar-refractivity contribution in [2.24, 2.45) is 0 Å². The maximum Gasteiger partial charge on any atom is 0.271 e. The van der Waals surface area contributed by atoms with Gasteiger partial charge in [-0.2, -0.15) is 0 Å². The fourth-order valence-electron chi connectivity index (χ4n) is 4.51. The second-order valence-electron chi connectivity index (χ2n) is 8.54. The zero-order chi connectivity index (χ0) is 23.4. The van der Waals surface area contributed by atoms with Gasteiger partial charge >= 0.3 is 0 Å². The first-order valence-corrected chi connectivity index (χ1v) is 10.9. The summed E-state index contributed by atoms with van der Waals surface area (Å²) in [7, 11) is 3.37. The fourth-order valence-corrected chi connectivity index (χ4v) is 4.51. The minimum atomic E-state index is -0.278. The molecular formula is C24H21FN6O3. The molecule has 2 aliphatic heterocycles. The normalized spacial score (nSPS) is 16.3. The van der Waals surface area contributed by atoms with E-state index in [1.807, 2.05) is 12.1 Å². The molecule has 5 heterocycles. The van der Waals surface area contributed by atoms with Crippen LogP contribution in [0.5, 0.6) is 11.5 Å². The van der Waals surface area contributed by atoms with Crippen LogP contribution in [0.1, 0.15) is 27.5 Å². The highest BCUT2D eigenvalue weighted by Gasteiger charge is 2.31. The highest BCUT2D eigenvalue weighted by atomic mass is 19.1. The number of pyridine rings is 2. The molecule has 0 aliphatic carbocycles. The second-order valence-corrected chi connectivity index (χ2v) is 8.54. The Bertz CT molecular complexity index is 1430. The Balaban J connectivity index is 1.44. The Morgan fingerprint density at radius 2 is 2.00 bits per heavy atom. The summed E-state index contributed by atoms with van der Waals surface area (Å²) in [5, 5.41) is 11.7. The molecule has 9 nitrogen and oxygen atoms in total. The molecule has 1 aromatic carbocycles. The summed E-state index contributed by atoms with van der Waals surface area (Å²) in [5.74, 6) is 1.38. The van der Waals surface area contributed by atoms with E-state index in [9.17, 15) is 9.18 Å². The van der Waals surface area contributed by atoms with E-state index < -0.39 is 0 Å². The van der Waals surface area contributed by atoms with Crippen LogP contribution in [0.15, 0.2) is 42.9 Å². The van der Waals surface area contributed by atoms with Gasteiger partial charge in [-0.15, -0.1) is 10.2 Å². The molecule has 0 fully saturated rings. The van der Waals surface area contributed by atoms with E-state index in [2.05, 4.69) is 20.5 Å². The van der Waals surface area contributed by atoms with Gasteiger partial charge in [0.1, 0.15) is 23.6 Å². The minimum Gasteiger partial charge on any atom is -0.493 e. The van der Waals surface area contributed by atoms with E-state index in [1.54, 1.807) is 43.2 Å². The lowest BCUT2D eigenvalue weighted by Crippen LogP contribution is -2.22. The molecular weight excluding hydrogens is 439 g/mol. The number of carbonyl (C=O) groups excluding carboxylic acids is 1. The maximum atomic E-state index is 14.8. The predicted octanol–water partition coefficient (Wildman–Crippen LogP) is 3.11. The largest absolute Gasteiger partial charge is 0.493 e. The van der Waals surface area contributed by atoms with Crippen molar-refractivity contribution in [2.75, 3.05) is 32.6 Å². The number of fused-ring (bicyclic) bond motifs is 3. The van der Waals surface area contributed by atoms with Crippen LogP contribution in [0.25, 0.3) is 16.8 Å². The van der Waals surface area contributed by atoms with Gasteiger partial charge in [-0.25, -0.2) is 4.39 Å². The molecule has 1 N–H and O–H groups in total. The highest BCUT2D eigenvalue weighted by molar-refractivity contribution is 5.92. The van der Waals surface area contributed by atoms with Gasteiger partial charge in [0, 0.05) is 49.1 Å². The quantitative estimate of drug-likeness (QED) is 0.491. The number of carbonyl (C=O) groups is 1. The Kier molecular flexibility index (Phi) is 4.61. The number of ether oxygens (including phenoxy) is 2. The SMILES string of the molecule is CN(C)C(=O)c1ccc(-c2cc3c(n4cnnc24)NCc2c(F)ccc4c2[C@@H](CO4)CO3)cn1. The van der Waals surface area contributed by atoms with E-state index in [0.717, 1.165) is 16.7 Å². The van der Waals surface area contributed by atoms with Crippen molar-refractivity contribution >= 4 is 17.4 Å². The van der Waals surface area contributed by atoms with Gasteiger partial charge in [-0.3, -0.25) is 14.2 Å². The summed E-state index contributed by atoms with van der Waals surface area (Å²) < 4.78 is 28.6. The zero-order valence-corrected chi connectivity index (χ0v) is 18.6. The molecule has 172 valence electrons. The molecule has 6 rings (SSSR count). The van der Waals surface area contributed by atoms with Gasteiger partial charge in [-0.05, 0) is 24.3 Å². The van der Waals surface area contributed by atoms with Gasteiger partial charge in [0.25, 0.3) is 5.91 Å². The first-order chi connectivity index (χ1) is 16.5. The van der Waals surface area contributed by atoms with Crippen molar-refractivity contribution in [3.05, 3.63) is 65.5 Å². The monoisotopic (exact) mass is 460 g/mol. The number of benzene rings is 1. The van der Waals surface area contributed by atoms with Crippen molar-refractivity contribution in [3.8, 4) is 22.6 Å². The van der Waals surface area contributed by atoms with Crippen LogP contribution >= 0.6 is 0 Å². The topological polar surface area (TPSA) is 93.9 Å². The lowest BCUT2D eigenvalue weighted by atomic mass is 9.96. The van der Waals surface area contributed by atoms with Crippen LogP contribution < -0.4 is 14.8 Å². The van der Waals surface area contributed by atoms with E-state index in [1.165, 1.54) is 11.0 Å². The third-order valence-corrected chi connectivity index (χ3v) is 6.22. The number of aromatic nitrogens is 4. The first kappa shape index (κ1) is 20.4. The Morgan fingerprint density at radius 1 is 1.18 bits per heavy atom. The third-order valence-electron chi connectivity index (χ3n) is 6.22. The number of nitrogens with one attached hydrogen (secondary N) is 1. The molecule has 4 aromatic rings. The number of rotatable bonds is 2. The molecule has 1 amide bonds. The van der Waals surface area contributed by atoms with Crippen LogP contribution in [-0.4, -0.2) is 57.7 Å². The van der Waals surface area contributed by atoms with Crippen molar-refractivity contribution in [2.45, 2.75) is 12.5 Å². The van der Waals surface area contributed by atoms with Crippen molar-refractivity contribution in [1.82, 2.24) is 24.5 Å². The van der Waals surface area contributed by atoms with Crippen LogP contribution in [0, 0.1) is 5.82 Å². The summed E-state index contributed by atoms with van der Waals surface area (Å²) in [5.41, 5.74) is 3.88. The molecule has 0 spiro atoms. The van der Waals surface area contributed by atoms with Crippen LogP contribution in [0.4, 0.5) is 10.2 Å². The van der Waals surface area contributed by atoms with Crippen molar-refractivity contribution in [3.63, 3.8) is 0 Å². The van der Waals surface area contributed by atoms with Crippen LogP contribution in [-0.2, 0) is 6.54 Å². The summed E-state index contributed by atoms with van der Waals surface area (Å²) in [4.78, 5) is 18.0. The zero-order valence-electron chi connectivity index (χ0n) is 18.6. The van der Waals surface area contributed by atoms with Crippen LogP contribution in [0.3, 0.4) is 0 Å². The molecule has 10 heteroatoms. The summed E-state index contributed by atoms with van der Waals surface area (Å²) in [6.07, 6.45) is 3.22. The van der Waals surface area contributed by atoms with Gasteiger partial charge < -0.3 is 19.7 Å². The molecule has 34 heavy (non-hydrogen) atoms. The molecule has 0 saturated carbocycles. The van der Waals surface area contributed by atoms with E-state index in [4.69, 9.17) is 9.47 Å². The lowest BCUT2D eigenvalue weighted by molar-refractivity contribution is 0.0822. The predicted molar refractivity (Wildman–Crippen MR) is 122 cm³/mol. The summed E-state index contributed by atoms with van der Waals surface area (Å²) >= 11 is 0. The number of hydrogen-bond acceptors (Lipinski definition) is 7. The lowest BCUT2D eigenvalue weighted by Gasteiger charge is -2.17. The fraction of sp³-hybridized carbons (Fsp3) is 0.250.